The van der Waals surface area contributed by atoms with Crippen molar-refractivity contribution in [3.05, 3.63) is 71.3 Å². The fourth-order valence-corrected chi connectivity index (χ4v) is 3.76. The highest BCUT2D eigenvalue weighted by molar-refractivity contribution is 7.87. The van der Waals surface area contributed by atoms with Gasteiger partial charge in [0.05, 0.1) is 11.7 Å². The second-order valence-corrected chi connectivity index (χ2v) is 8.37. The molecule has 2 heterocycles. The third-order valence-corrected chi connectivity index (χ3v) is 5.43. The summed E-state index contributed by atoms with van der Waals surface area (Å²) in [6.45, 7) is 2.12. The zero-order valence-corrected chi connectivity index (χ0v) is 18.0. The van der Waals surface area contributed by atoms with Crippen LogP contribution < -0.4 is 19.5 Å². The van der Waals surface area contributed by atoms with Gasteiger partial charge in [0, 0.05) is 17.5 Å². The summed E-state index contributed by atoms with van der Waals surface area (Å²) >= 11 is 0. The predicted molar refractivity (Wildman–Crippen MR) is 116 cm³/mol. The Bertz CT molecular complexity index is 1220. The number of aryl methyl sites for hydroxylation is 1. The number of hydrogen-bond donors (Lipinski definition) is 4. The lowest BCUT2D eigenvalue weighted by Gasteiger charge is -2.18. The van der Waals surface area contributed by atoms with E-state index in [4.69, 9.17) is 14.0 Å². The van der Waals surface area contributed by atoms with E-state index in [1.165, 1.54) is 12.1 Å². The third-order valence-electron chi connectivity index (χ3n) is 4.94. The minimum absolute atomic E-state index is 0.123. The average molecular weight is 458 g/mol. The predicted octanol–water partition coefficient (Wildman–Crippen LogP) is 2.63. The van der Waals surface area contributed by atoms with Crippen molar-refractivity contribution in [2.45, 2.75) is 25.8 Å². The highest BCUT2D eigenvalue weighted by atomic mass is 32.2. The van der Waals surface area contributed by atoms with Crippen molar-refractivity contribution < 1.29 is 27.2 Å². The van der Waals surface area contributed by atoms with Crippen molar-refractivity contribution in [1.82, 2.24) is 15.3 Å². The van der Waals surface area contributed by atoms with Gasteiger partial charge in [0.1, 0.15) is 5.82 Å². The molecule has 0 bridgehead atoms. The number of nitrogens with zero attached hydrogens (tertiary/aromatic N) is 1. The van der Waals surface area contributed by atoms with E-state index in [-0.39, 0.29) is 18.4 Å². The molecule has 0 unspecified atom stereocenters. The summed E-state index contributed by atoms with van der Waals surface area (Å²) < 4.78 is 43.5. The van der Waals surface area contributed by atoms with Crippen LogP contribution in [0.25, 0.3) is 0 Å². The second-order valence-electron chi connectivity index (χ2n) is 7.22. The number of ether oxygens (including phenoxy) is 2. The third kappa shape index (κ3) is 5.18. The normalized spacial score (nSPS) is 13.6. The highest BCUT2D eigenvalue weighted by Gasteiger charge is 2.22. The number of carbonyl (C=O) groups is 1. The largest absolute Gasteiger partial charge is 0.454 e. The van der Waals surface area contributed by atoms with Gasteiger partial charge in [-0.25, -0.2) is 4.98 Å². The molecule has 1 aliphatic rings. The van der Waals surface area contributed by atoms with Crippen LogP contribution >= 0.6 is 0 Å². The zero-order valence-electron chi connectivity index (χ0n) is 17.2. The van der Waals surface area contributed by atoms with Crippen molar-refractivity contribution in [1.29, 1.82) is 0 Å². The Labute approximate surface area is 184 Å². The second kappa shape index (κ2) is 8.89. The minimum Gasteiger partial charge on any atom is -0.454 e. The summed E-state index contributed by atoms with van der Waals surface area (Å²) in [4.78, 5) is 20.6. The zero-order chi connectivity index (χ0) is 22.7. The molecule has 1 aliphatic heterocycles. The average Bonchev–Trinajstić information content (AvgIpc) is 3.42. The Hall–Kier alpha value is -3.57. The molecule has 168 valence electrons. The van der Waals surface area contributed by atoms with Crippen LogP contribution in [-0.2, 0) is 23.1 Å². The Kier molecular flexibility index (Phi) is 6.01. The molecule has 32 heavy (non-hydrogen) atoms. The molecule has 1 aromatic heterocycles. The number of rotatable bonds is 8. The molecule has 10 nitrogen and oxygen atoms in total. The van der Waals surface area contributed by atoms with E-state index in [0.717, 1.165) is 17.7 Å². The van der Waals surface area contributed by atoms with Gasteiger partial charge in [-0.15, -0.1) is 0 Å². The van der Waals surface area contributed by atoms with Crippen LogP contribution in [0, 0.1) is 0 Å². The van der Waals surface area contributed by atoms with E-state index in [0.29, 0.717) is 29.3 Å². The van der Waals surface area contributed by atoms with Gasteiger partial charge in [-0.2, -0.15) is 8.42 Å². The molecule has 0 spiro atoms. The summed E-state index contributed by atoms with van der Waals surface area (Å²) in [6, 6.07) is 11.0. The summed E-state index contributed by atoms with van der Waals surface area (Å²) in [5, 5.41) is 3.00. The molecule has 0 aliphatic carbocycles. The maximum absolute atomic E-state index is 13.0. The van der Waals surface area contributed by atoms with Crippen LogP contribution in [0.5, 0.6) is 11.5 Å². The molecule has 11 heteroatoms. The summed E-state index contributed by atoms with van der Waals surface area (Å²) in [6.07, 6.45) is 2.90. The number of benzene rings is 2. The maximum Gasteiger partial charge on any atom is 0.357 e. The Balaban J connectivity index is 1.54. The summed E-state index contributed by atoms with van der Waals surface area (Å²) in [5.41, 5.74) is 2.42. The molecule has 4 N–H and O–H groups in total. The molecule has 4 rings (SSSR count). The number of aromatic amines is 1. The number of fused-ring (bicyclic) bond motifs is 1. The summed E-state index contributed by atoms with van der Waals surface area (Å²) in [5.74, 6) is 1.42. The molecule has 0 saturated heterocycles. The van der Waals surface area contributed by atoms with Crippen LogP contribution in [0.4, 0.5) is 5.69 Å². The fourth-order valence-electron chi connectivity index (χ4n) is 3.32. The van der Waals surface area contributed by atoms with E-state index in [1.807, 2.05) is 11.6 Å². The molecule has 0 saturated carbocycles. The lowest BCUT2D eigenvalue weighted by Crippen LogP contribution is -2.30. The number of imidazole rings is 1. The van der Waals surface area contributed by atoms with Crippen LogP contribution in [0.2, 0.25) is 0 Å². The first kappa shape index (κ1) is 21.7. The topological polar surface area (TPSA) is 143 Å². The minimum atomic E-state index is -4.35. The molecule has 3 aromatic rings. The number of nitrogens with one attached hydrogen (secondary N) is 3. The smallest absolute Gasteiger partial charge is 0.357 e. The molecular formula is C21H22N4O6S. The van der Waals surface area contributed by atoms with Crippen LogP contribution in [-0.4, -0.2) is 35.6 Å². The van der Waals surface area contributed by atoms with Crippen LogP contribution in [0.1, 0.15) is 40.4 Å². The number of aromatic nitrogens is 2. The van der Waals surface area contributed by atoms with Gasteiger partial charge in [-0.05, 0) is 48.7 Å². The molecule has 0 fully saturated rings. The molecule has 0 radical (unpaired) electrons. The summed E-state index contributed by atoms with van der Waals surface area (Å²) in [7, 11) is -4.35. The first-order valence-electron chi connectivity index (χ1n) is 9.89. The lowest BCUT2D eigenvalue weighted by molar-refractivity contribution is 0.0934. The Morgan fingerprint density at radius 2 is 1.94 bits per heavy atom. The number of anilines is 1. The van der Waals surface area contributed by atoms with Gasteiger partial charge in [0.15, 0.2) is 11.5 Å². The van der Waals surface area contributed by atoms with Crippen molar-refractivity contribution in [2.75, 3.05) is 11.5 Å². The monoisotopic (exact) mass is 458 g/mol. The molecule has 1 atom stereocenters. The van der Waals surface area contributed by atoms with Crippen molar-refractivity contribution in [3.8, 4) is 11.5 Å². The highest BCUT2D eigenvalue weighted by Crippen LogP contribution is 2.32. The van der Waals surface area contributed by atoms with E-state index in [9.17, 15) is 13.2 Å². The van der Waals surface area contributed by atoms with Crippen molar-refractivity contribution >= 4 is 21.9 Å². The van der Waals surface area contributed by atoms with Crippen LogP contribution in [0.15, 0.2) is 48.7 Å². The Morgan fingerprint density at radius 1 is 1.19 bits per heavy atom. The van der Waals surface area contributed by atoms with Crippen LogP contribution in [0.3, 0.4) is 0 Å². The standard InChI is InChI=1S/C21H22N4O6S/c1-2-15-11-22-20(23-15)17(9-13-3-6-16(7-4-13)25-32(27,28)29)24-21(26)14-5-8-18-19(10-14)31-12-30-18/h3-8,10-11,17,25H,2,9,12H2,1H3,(H,22,23)(H,24,26)(H,27,28,29)/t17-/m0/s1. The first-order chi connectivity index (χ1) is 15.3. The lowest BCUT2D eigenvalue weighted by atomic mass is 10.0. The quantitative estimate of drug-likeness (QED) is 0.380. The molecule has 2 aromatic carbocycles. The molecular weight excluding hydrogens is 436 g/mol. The number of H-pyrrole nitrogens is 1. The van der Waals surface area contributed by atoms with Gasteiger partial charge in [0.25, 0.3) is 5.91 Å². The van der Waals surface area contributed by atoms with Gasteiger partial charge in [0.2, 0.25) is 6.79 Å². The number of amides is 1. The van der Waals surface area contributed by atoms with E-state index >= 15 is 0 Å². The SMILES string of the molecule is CCc1cnc([C@H](Cc2ccc(NS(=O)(=O)O)cc2)NC(=O)c2ccc3c(c2)OCO3)[nH]1. The number of carbonyl (C=O) groups excluding carboxylic acids is 1. The van der Waals surface area contributed by atoms with Gasteiger partial charge < -0.3 is 19.8 Å². The van der Waals surface area contributed by atoms with Crippen molar-refractivity contribution in [2.24, 2.45) is 0 Å². The number of hydrogen-bond acceptors (Lipinski definition) is 6. The Morgan fingerprint density at radius 3 is 2.62 bits per heavy atom. The first-order valence-corrected chi connectivity index (χ1v) is 11.3. The molecule has 1 amide bonds. The van der Waals surface area contributed by atoms with E-state index < -0.39 is 16.3 Å². The van der Waals surface area contributed by atoms with E-state index in [2.05, 4.69) is 15.3 Å². The van der Waals surface area contributed by atoms with Gasteiger partial charge in [-0.3, -0.25) is 14.1 Å². The van der Waals surface area contributed by atoms with Crippen molar-refractivity contribution in [3.63, 3.8) is 0 Å². The fraction of sp³-hybridized carbons (Fsp3) is 0.238. The van der Waals surface area contributed by atoms with E-state index in [1.54, 1.807) is 36.5 Å². The van der Waals surface area contributed by atoms with Gasteiger partial charge >= 0.3 is 10.3 Å². The maximum atomic E-state index is 13.0. The van der Waals surface area contributed by atoms with Gasteiger partial charge in [-0.1, -0.05) is 19.1 Å².